The molecule has 0 aliphatic carbocycles. The number of carbonyl (C=O) groups excluding carboxylic acids is 3. The van der Waals surface area contributed by atoms with Crippen LogP contribution in [0.25, 0.3) is 0 Å². The van der Waals surface area contributed by atoms with Crippen molar-refractivity contribution in [2.45, 2.75) is 26.5 Å². The molecule has 26 heavy (non-hydrogen) atoms. The van der Waals surface area contributed by atoms with E-state index in [1.807, 2.05) is 30.3 Å². The average molecular weight is 374 g/mol. The number of Topliss-reactive ketones (excluding diaryl/α,β-unsaturated/α-hetero) is 1. The van der Waals surface area contributed by atoms with Crippen LogP contribution in [0.5, 0.6) is 0 Å². The Hall–Kier alpha value is -2.66. The van der Waals surface area contributed by atoms with Crippen LogP contribution in [0.15, 0.2) is 54.6 Å². The standard InChI is InChI=1S/C20H20ClNO4/c1-13(23)18(20(25)26-12-15-6-4-3-5-7-15)19(22-14(2)24)16-8-10-17(21)11-9-16/h3-11,18-19H,12H2,1-2H3,(H,22,24)/t18-,19+/m1/s1. The maximum absolute atomic E-state index is 12.6. The number of esters is 1. The molecule has 2 aromatic carbocycles. The molecule has 0 aromatic heterocycles. The summed E-state index contributed by atoms with van der Waals surface area (Å²) in [4.78, 5) is 36.4. The maximum Gasteiger partial charge on any atom is 0.319 e. The first-order valence-electron chi connectivity index (χ1n) is 8.12. The summed E-state index contributed by atoms with van der Waals surface area (Å²) in [6.07, 6.45) is 0. The van der Waals surface area contributed by atoms with E-state index in [2.05, 4.69) is 5.32 Å². The third kappa shape index (κ3) is 5.43. The monoisotopic (exact) mass is 373 g/mol. The highest BCUT2D eigenvalue weighted by atomic mass is 35.5. The summed E-state index contributed by atoms with van der Waals surface area (Å²) < 4.78 is 5.32. The van der Waals surface area contributed by atoms with Gasteiger partial charge in [-0.25, -0.2) is 0 Å². The Morgan fingerprint density at radius 1 is 1.00 bits per heavy atom. The van der Waals surface area contributed by atoms with Crippen molar-refractivity contribution in [1.82, 2.24) is 5.32 Å². The average Bonchev–Trinajstić information content (AvgIpc) is 2.60. The Bertz CT molecular complexity index is 774. The second kappa shape index (κ2) is 9.15. The molecule has 0 bridgehead atoms. The van der Waals surface area contributed by atoms with Crippen molar-refractivity contribution in [2.24, 2.45) is 5.92 Å². The second-order valence-electron chi connectivity index (χ2n) is 5.91. The van der Waals surface area contributed by atoms with Crippen LogP contribution < -0.4 is 5.32 Å². The minimum absolute atomic E-state index is 0.0524. The van der Waals surface area contributed by atoms with E-state index < -0.39 is 23.7 Å². The molecule has 2 aromatic rings. The van der Waals surface area contributed by atoms with E-state index in [9.17, 15) is 14.4 Å². The van der Waals surface area contributed by atoms with Crippen LogP contribution in [0.3, 0.4) is 0 Å². The Kier molecular flexibility index (Phi) is 6.92. The lowest BCUT2D eigenvalue weighted by atomic mass is 9.90. The van der Waals surface area contributed by atoms with Gasteiger partial charge >= 0.3 is 5.97 Å². The minimum Gasteiger partial charge on any atom is -0.460 e. The van der Waals surface area contributed by atoms with Gasteiger partial charge in [-0.3, -0.25) is 14.4 Å². The summed E-state index contributed by atoms with van der Waals surface area (Å²) in [5, 5.41) is 3.19. The number of amides is 1. The van der Waals surface area contributed by atoms with E-state index in [-0.39, 0.29) is 12.5 Å². The van der Waals surface area contributed by atoms with Crippen LogP contribution in [-0.2, 0) is 25.7 Å². The number of nitrogens with one attached hydrogen (secondary N) is 1. The van der Waals surface area contributed by atoms with Crippen LogP contribution >= 0.6 is 11.6 Å². The molecule has 0 aliphatic rings. The molecule has 0 radical (unpaired) electrons. The zero-order valence-electron chi connectivity index (χ0n) is 14.6. The molecule has 2 rings (SSSR count). The van der Waals surface area contributed by atoms with E-state index in [0.29, 0.717) is 10.6 Å². The van der Waals surface area contributed by atoms with E-state index in [0.717, 1.165) is 5.56 Å². The van der Waals surface area contributed by atoms with Crippen LogP contribution in [0.1, 0.15) is 31.0 Å². The molecule has 5 nitrogen and oxygen atoms in total. The SMILES string of the molecule is CC(=O)N[C@@H](c1ccc(Cl)cc1)[C@@H](C(C)=O)C(=O)OCc1ccccc1. The van der Waals surface area contributed by atoms with Gasteiger partial charge in [0.25, 0.3) is 0 Å². The van der Waals surface area contributed by atoms with Crippen LogP contribution in [0.2, 0.25) is 5.02 Å². The zero-order chi connectivity index (χ0) is 19.1. The number of ketones is 1. The van der Waals surface area contributed by atoms with Crippen LogP contribution in [-0.4, -0.2) is 17.7 Å². The highest BCUT2D eigenvalue weighted by Crippen LogP contribution is 2.26. The van der Waals surface area contributed by atoms with Gasteiger partial charge in [-0.2, -0.15) is 0 Å². The largest absolute Gasteiger partial charge is 0.460 e. The van der Waals surface area contributed by atoms with Crippen molar-refractivity contribution >= 4 is 29.3 Å². The fourth-order valence-electron chi connectivity index (χ4n) is 2.60. The summed E-state index contributed by atoms with van der Waals surface area (Å²) >= 11 is 5.90. The van der Waals surface area contributed by atoms with E-state index in [1.54, 1.807) is 24.3 Å². The predicted octanol–water partition coefficient (Wildman–Crippen LogP) is 3.47. The van der Waals surface area contributed by atoms with Gasteiger partial charge in [-0.15, -0.1) is 0 Å². The number of hydrogen-bond donors (Lipinski definition) is 1. The number of halogens is 1. The van der Waals surface area contributed by atoms with Gasteiger partial charge in [0.2, 0.25) is 5.91 Å². The third-order valence-electron chi connectivity index (χ3n) is 3.84. The fraction of sp³-hybridized carbons (Fsp3) is 0.250. The zero-order valence-corrected chi connectivity index (χ0v) is 15.3. The summed E-state index contributed by atoms with van der Waals surface area (Å²) in [7, 11) is 0. The number of hydrogen-bond acceptors (Lipinski definition) is 4. The van der Waals surface area contributed by atoms with Gasteiger partial charge in [-0.05, 0) is 30.2 Å². The topological polar surface area (TPSA) is 72.5 Å². The van der Waals surface area contributed by atoms with E-state index >= 15 is 0 Å². The summed E-state index contributed by atoms with van der Waals surface area (Å²) in [6.45, 7) is 2.69. The number of benzene rings is 2. The smallest absolute Gasteiger partial charge is 0.319 e. The van der Waals surface area contributed by atoms with Crippen molar-refractivity contribution in [3.8, 4) is 0 Å². The van der Waals surface area contributed by atoms with E-state index in [1.165, 1.54) is 13.8 Å². The quantitative estimate of drug-likeness (QED) is 0.595. The Labute approximate surface area is 157 Å². The van der Waals surface area contributed by atoms with Crippen molar-refractivity contribution in [3.63, 3.8) is 0 Å². The number of rotatable bonds is 7. The molecule has 0 aliphatic heterocycles. The maximum atomic E-state index is 12.6. The predicted molar refractivity (Wildman–Crippen MR) is 98.4 cm³/mol. The van der Waals surface area contributed by atoms with Crippen LogP contribution in [0.4, 0.5) is 0 Å². The van der Waals surface area contributed by atoms with E-state index in [4.69, 9.17) is 16.3 Å². The Morgan fingerprint density at radius 2 is 1.62 bits per heavy atom. The number of ether oxygens (including phenoxy) is 1. The lowest BCUT2D eigenvalue weighted by Gasteiger charge is -2.25. The van der Waals surface area contributed by atoms with Gasteiger partial charge in [0.1, 0.15) is 18.3 Å². The van der Waals surface area contributed by atoms with Crippen molar-refractivity contribution in [1.29, 1.82) is 0 Å². The lowest BCUT2D eigenvalue weighted by molar-refractivity contribution is -0.154. The first-order valence-corrected chi connectivity index (χ1v) is 8.50. The minimum atomic E-state index is -1.15. The molecule has 0 saturated heterocycles. The van der Waals surface area contributed by atoms with Crippen molar-refractivity contribution in [2.75, 3.05) is 0 Å². The highest BCUT2D eigenvalue weighted by molar-refractivity contribution is 6.30. The third-order valence-corrected chi connectivity index (χ3v) is 4.09. The summed E-state index contributed by atoms with van der Waals surface area (Å²) in [6, 6.07) is 14.9. The molecule has 1 amide bonds. The number of carbonyl (C=O) groups is 3. The molecule has 6 heteroatoms. The lowest BCUT2D eigenvalue weighted by Crippen LogP contribution is -2.40. The molecular formula is C20H20ClNO4. The van der Waals surface area contributed by atoms with Gasteiger partial charge < -0.3 is 10.1 Å². The van der Waals surface area contributed by atoms with Gasteiger partial charge in [0.15, 0.2) is 0 Å². The van der Waals surface area contributed by atoms with Crippen molar-refractivity contribution in [3.05, 3.63) is 70.7 Å². The van der Waals surface area contributed by atoms with Crippen LogP contribution in [0, 0.1) is 5.92 Å². The molecule has 0 unspecified atom stereocenters. The molecule has 1 N–H and O–H groups in total. The van der Waals surface area contributed by atoms with Gasteiger partial charge in [0, 0.05) is 11.9 Å². The molecule has 136 valence electrons. The first-order chi connectivity index (χ1) is 12.4. The highest BCUT2D eigenvalue weighted by Gasteiger charge is 2.35. The second-order valence-corrected chi connectivity index (χ2v) is 6.35. The molecule has 2 atom stereocenters. The normalized spacial score (nSPS) is 12.7. The van der Waals surface area contributed by atoms with Crippen molar-refractivity contribution < 1.29 is 19.1 Å². The van der Waals surface area contributed by atoms with Gasteiger partial charge in [0.05, 0.1) is 6.04 Å². The molecule has 0 fully saturated rings. The molecule has 0 heterocycles. The Morgan fingerprint density at radius 3 is 2.15 bits per heavy atom. The first kappa shape index (κ1) is 19.7. The summed E-state index contributed by atoms with van der Waals surface area (Å²) in [5.41, 5.74) is 1.41. The molecular weight excluding hydrogens is 354 g/mol. The Balaban J connectivity index is 2.24. The summed E-state index contributed by atoms with van der Waals surface area (Å²) in [5.74, 6) is -2.58. The fourth-order valence-corrected chi connectivity index (χ4v) is 2.73. The molecule has 0 saturated carbocycles. The molecule has 0 spiro atoms. The van der Waals surface area contributed by atoms with Gasteiger partial charge in [-0.1, -0.05) is 54.1 Å².